The second-order valence-electron chi connectivity index (χ2n) is 8.18. The van der Waals surface area contributed by atoms with Gasteiger partial charge in [0, 0.05) is 44.1 Å². The average Bonchev–Trinajstić information content (AvgIpc) is 3.17. The van der Waals surface area contributed by atoms with Crippen LogP contribution in [0.3, 0.4) is 0 Å². The molecule has 1 saturated heterocycles. The van der Waals surface area contributed by atoms with Crippen LogP contribution in [-0.4, -0.2) is 67.9 Å². The summed E-state index contributed by atoms with van der Waals surface area (Å²) in [5, 5.41) is 16.4. The van der Waals surface area contributed by atoms with Gasteiger partial charge in [0.1, 0.15) is 5.82 Å². The van der Waals surface area contributed by atoms with Crippen LogP contribution < -0.4 is 10.2 Å². The zero-order chi connectivity index (χ0) is 20.5. The largest absolute Gasteiger partial charge is 0.351 e. The Morgan fingerprint density at radius 2 is 1.97 bits per heavy atom. The zero-order valence-corrected chi connectivity index (χ0v) is 17.1. The van der Waals surface area contributed by atoms with Gasteiger partial charge in [-0.05, 0) is 37.1 Å². The Hall–Kier alpha value is -3.23. The molecule has 0 spiro atoms. The van der Waals surface area contributed by atoms with Crippen molar-refractivity contribution in [3.8, 4) is 11.4 Å². The number of urea groups is 1. The van der Waals surface area contributed by atoms with Crippen LogP contribution in [0.5, 0.6) is 0 Å². The number of rotatable bonds is 4. The predicted molar refractivity (Wildman–Crippen MR) is 113 cm³/mol. The molecule has 1 N–H and O–H groups in total. The molecule has 4 heterocycles. The van der Waals surface area contributed by atoms with Crippen LogP contribution in [0, 0.1) is 0 Å². The lowest BCUT2D eigenvalue weighted by atomic mass is 9.96. The van der Waals surface area contributed by atoms with Crippen LogP contribution in [0.2, 0.25) is 0 Å². The maximum atomic E-state index is 12.6. The Morgan fingerprint density at radius 1 is 1.13 bits per heavy atom. The molecule has 30 heavy (non-hydrogen) atoms. The fourth-order valence-corrected chi connectivity index (χ4v) is 4.20. The summed E-state index contributed by atoms with van der Waals surface area (Å²) < 4.78 is 1.75. The number of nitrogens with zero attached hydrogens (tertiary/aromatic N) is 7. The molecule has 1 saturated carbocycles. The first-order chi connectivity index (χ1) is 14.7. The van der Waals surface area contributed by atoms with Crippen molar-refractivity contribution in [3.05, 3.63) is 36.7 Å². The fourth-order valence-electron chi connectivity index (χ4n) is 4.20. The number of nitrogens with one attached hydrogen (secondary N) is 1. The molecule has 0 radical (unpaired) electrons. The molecule has 0 unspecified atom stereocenters. The molecule has 156 valence electrons. The third kappa shape index (κ3) is 3.55. The SMILES string of the molecule is CN(C(=O)NC1CCCCC1)C1CN(c2ccc3nnc(-c4cccnc4)n3n2)C1. The smallest absolute Gasteiger partial charge is 0.317 e. The molecule has 1 aliphatic heterocycles. The molecule has 2 amide bonds. The predicted octanol–water partition coefficient (Wildman–Crippen LogP) is 2.35. The summed E-state index contributed by atoms with van der Waals surface area (Å²) in [6.45, 7) is 1.52. The van der Waals surface area contributed by atoms with E-state index in [0.29, 0.717) is 17.5 Å². The highest BCUT2D eigenvalue weighted by atomic mass is 16.2. The van der Waals surface area contributed by atoms with Crippen molar-refractivity contribution in [2.75, 3.05) is 25.0 Å². The maximum absolute atomic E-state index is 12.6. The molecule has 2 aliphatic rings. The number of carbonyl (C=O) groups excluding carboxylic acids is 1. The number of carbonyl (C=O) groups is 1. The van der Waals surface area contributed by atoms with E-state index in [1.165, 1.54) is 19.3 Å². The van der Waals surface area contributed by atoms with Crippen LogP contribution in [0.4, 0.5) is 10.6 Å². The summed E-state index contributed by atoms with van der Waals surface area (Å²) in [7, 11) is 1.89. The van der Waals surface area contributed by atoms with E-state index in [0.717, 1.165) is 37.3 Å². The van der Waals surface area contributed by atoms with Crippen LogP contribution in [0.25, 0.3) is 17.0 Å². The third-order valence-electron chi connectivity index (χ3n) is 6.16. The number of amides is 2. The fraction of sp³-hybridized carbons (Fsp3) is 0.476. The minimum atomic E-state index is 0.0348. The van der Waals surface area contributed by atoms with E-state index in [2.05, 4.69) is 25.4 Å². The number of pyridine rings is 1. The molecular weight excluding hydrogens is 380 g/mol. The van der Waals surface area contributed by atoms with Gasteiger partial charge >= 0.3 is 6.03 Å². The monoisotopic (exact) mass is 406 g/mol. The molecule has 5 rings (SSSR count). The van der Waals surface area contributed by atoms with Crippen LogP contribution in [0.15, 0.2) is 36.7 Å². The molecule has 9 nitrogen and oxygen atoms in total. The first kappa shape index (κ1) is 18.8. The normalized spacial score (nSPS) is 17.7. The standard InChI is InChI=1S/C21H26N8O/c1-27(21(30)23-16-7-3-2-4-8-16)17-13-28(14-17)19-10-9-18-24-25-20(29(18)26-19)15-6-5-11-22-12-15/h5-6,9-12,16-17H,2-4,7-8,13-14H2,1H3,(H,23,30). The molecule has 2 fully saturated rings. The Kier molecular flexibility index (Phi) is 4.94. The van der Waals surface area contributed by atoms with E-state index in [4.69, 9.17) is 5.10 Å². The maximum Gasteiger partial charge on any atom is 0.317 e. The van der Waals surface area contributed by atoms with Gasteiger partial charge in [0.2, 0.25) is 0 Å². The molecule has 0 bridgehead atoms. The topological polar surface area (TPSA) is 91.5 Å². The van der Waals surface area contributed by atoms with Crippen molar-refractivity contribution >= 4 is 17.5 Å². The van der Waals surface area contributed by atoms with Gasteiger partial charge < -0.3 is 15.1 Å². The van der Waals surface area contributed by atoms with E-state index in [9.17, 15) is 4.79 Å². The van der Waals surface area contributed by atoms with Crippen molar-refractivity contribution in [2.24, 2.45) is 0 Å². The summed E-state index contributed by atoms with van der Waals surface area (Å²) in [6, 6.07) is 8.23. The number of fused-ring (bicyclic) bond motifs is 1. The Bertz CT molecular complexity index is 1020. The molecule has 1 aliphatic carbocycles. The highest BCUT2D eigenvalue weighted by Crippen LogP contribution is 2.24. The number of likely N-dealkylation sites (N-methyl/N-ethyl adjacent to an activating group) is 1. The van der Waals surface area contributed by atoms with E-state index in [-0.39, 0.29) is 12.1 Å². The first-order valence-corrected chi connectivity index (χ1v) is 10.6. The highest BCUT2D eigenvalue weighted by molar-refractivity contribution is 5.75. The zero-order valence-electron chi connectivity index (χ0n) is 17.1. The van der Waals surface area contributed by atoms with Crippen molar-refractivity contribution < 1.29 is 4.79 Å². The quantitative estimate of drug-likeness (QED) is 0.715. The lowest BCUT2D eigenvalue weighted by molar-refractivity contribution is 0.171. The average molecular weight is 406 g/mol. The number of hydrogen-bond acceptors (Lipinski definition) is 6. The van der Waals surface area contributed by atoms with Gasteiger partial charge in [-0.2, -0.15) is 4.52 Å². The van der Waals surface area contributed by atoms with Gasteiger partial charge in [-0.15, -0.1) is 15.3 Å². The minimum absolute atomic E-state index is 0.0348. The summed E-state index contributed by atoms with van der Waals surface area (Å²) in [6.07, 6.45) is 9.38. The van der Waals surface area contributed by atoms with Gasteiger partial charge in [0.15, 0.2) is 11.5 Å². The molecule has 9 heteroatoms. The lowest BCUT2D eigenvalue weighted by Gasteiger charge is -2.44. The molecular formula is C21H26N8O. The van der Waals surface area contributed by atoms with Crippen molar-refractivity contribution in [2.45, 2.75) is 44.2 Å². The second-order valence-corrected chi connectivity index (χ2v) is 8.18. The second kappa shape index (κ2) is 7.89. The van der Waals surface area contributed by atoms with E-state index in [1.54, 1.807) is 16.9 Å². The van der Waals surface area contributed by atoms with Crippen LogP contribution >= 0.6 is 0 Å². The Balaban J connectivity index is 1.25. The van der Waals surface area contributed by atoms with Crippen molar-refractivity contribution in [3.63, 3.8) is 0 Å². The highest BCUT2D eigenvalue weighted by Gasteiger charge is 2.34. The van der Waals surface area contributed by atoms with Gasteiger partial charge in [-0.3, -0.25) is 4.98 Å². The summed E-state index contributed by atoms with van der Waals surface area (Å²) in [5.74, 6) is 1.52. The van der Waals surface area contributed by atoms with E-state index < -0.39 is 0 Å². The Morgan fingerprint density at radius 3 is 2.73 bits per heavy atom. The van der Waals surface area contributed by atoms with Crippen molar-refractivity contribution in [1.82, 2.24) is 35.0 Å². The summed E-state index contributed by atoms with van der Waals surface area (Å²) in [4.78, 5) is 20.7. The van der Waals surface area contributed by atoms with Gasteiger partial charge in [0.05, 0.1) is 6.04 Å². The van der Waals surface area contributed by atoms with Crippen LogP contribution in [0.1, 0.15) is 32.1 Å². The summed E-state index contributed by atoms with van der Waals surface area (Å²) >= 11 is 0. The third-order valence-corrected chi connectivity index (χ3v) is 6.16. The Labute approximate surface area is 175 Å². The molecule has 0 aromatic carbocycles. The van der Waals surface area contributed by atoms with E-state index in [1.807, 2.05) is 36.2 Å². The molecule has 3 aromatic heterocycles. The van der Waals surface area contributed by atoms with E-state index >= 15 is 0 Å². The number of hydrogen-bond donors (Lipinski definition) is 1. The van der Waals surface area contributed by atoms with Crippen molar-refractivity contribution in [1.29, 1.82) is 0 Å². The number of aromatic nitrogens is 5. The molecule has 3 aromatic rings. The summed E-state index contributed by atoms with van der Waals surface area (Å²) in [5.41, 5.74) is 1.56. The lowest BCUT2D eigenvalue weighted by Crippen LogP contribution is -2.62. The minimum Gasteiger partial charge on any atom is -0.351 e. The number of anilines is 1. The van der Waals surface area contributed by atoms with Gasteiger partial charge in [-0.1, -0.05) is 19.3 Å². The first-order valence-electron chi connectivity index (χ1n) is 10.6. The van der Waals surface area contributed by atoms with Crippen LogP contribution in [-0.2, 0) is 0 Å². The molecule has 0 atom stereocenters. The van der Waals surface area contributed by atoms with Gasteiger partial charge in [0.25, 0.3) is 0 Å². The van der Waals surface area contributed by atoms with Gasteiger partial charge in [-0.25, -0.2) is 4.79 Å².